The van der Waals surface area contributed by atoms with Gasteiger partial charge in [0.15, 0.2) is 0 Å². The molecule has 7 heteroatoms. The normalized spacial score (nSPS) is 17.9. The van der Waals surface area contributed by atoms with Crippen molar-refractivity contribution in [2.75, 3.05) is 11.5 Å². The summed E-state index contributed by atoms with van der Waals surface area (Å²) in [5.41, 5.74) is 1.67. The van der Waals surface area contributed by atoms with Crippen LogP contribution in [0.15, 0.2) is 36.4 Å². The van der Waals surface area contributed by atoms with Crippen LogP contribution < -0.4 is 4.90 Å². The van der Waals surface area contributed by atoms with Crippen LogP contribution in [0.1, 0.15) is 58.8 Å². The number of carbonyl (C=O) groups excluding carboxylic acids is 1. The Balaban J connectivity index is 1.60. The lowest BCUT2D eigenvalue weighted by atomic mass is 10.0. The molecule has 1 aromatic carbocycles. The molecule has 1 amide bonds. The number of nitrogens with zero attached hydrogens (tertiary/aromatic N) is 1. The lowest BCUT2D eigenvalue weighted by molar-refractivity contribution is -0.117. The highest BCUT2D eigenvalue weighted by atomic mass is 32.1. The fourth-order valence-corrected chi connectivity index (χ4v) is 4.20. The first-order valence-electron chi connectivity index (χ1n) is 9.49. The smallest absolute Gasteiger partial charge is 0.345 e. The Bertz CT molecular complexity index is 816. The lowest BCUT2D eigenvalue weighted by Crippen LogP contribution is -2.36. The average molecular weight is 404 g/mol. The van der Waals surface area contributed by atoms with Crippen LogP contribution >= 0.6 is 11.3 Å². The number of aromatic carboxylic acids is 1. The minimum Gasteiger partial charge on any atom is -0.477 e. The Morgan fingerprint density at radius 3 is 2.68 bits per heavy atom. The second-order valence-corrected chi connectivity index (χ2v) is 8.11. The second kappa shape index (κ2) is 9.32. The Morgan fingerprint density at radius 2 is 2.04 bits per heavy atom. The molecule has 150 valence electrons. The number of hydrogen-bond donors (Lipinski definition) is 2. The van der Waals surface area contributed by atoms with Crippen molar-refractivity contribution in [3.05, 3.63) is 51.7 Å². The minimum atomic E-state index is -0.934. The fraction of sp³-hybridized carbons (Fsp3) is 0.429. The summed E-state index contributed by atoms with van der Waals surface area (Å²) in [7, 11) is 0. The van der Waals surface area contributed by atoms with Gasteiger partial charge in [0.25, 0.3) is 0 Å². The van der Waals surface area contributed by atoms with E-state index in [0.29, 0.717) is 30.9 Å². The molecule has 1 aliphatic heterocycles. The van der Waals surface area contributed by atoms with Crippen LogP contribution in [-0.2, 0) is 16.1 Å². The van der Waals surface area contributed by atoms with Crippen LogP contribution in [0.2, 0.25) is 0 Å². The molecule has 2 atom stereocenters. The van der Waals surface area contributed by atoms with Crippen molar-refractivity contribution >= 4 is 28.9 Å². The van der Waals surface area contributed by atoms with Gasteiger partial charge in [-0.15, -0.1) is 11.3 Å². The molecule has 0 spiro atoms. The van der Waals surface area contributed by atoms with E-state index >= 15 is 0 Å². The van der Waals surface area contributed by atoms with Crippen molar-refractivity contribution in [2.24, 2.45) is 0 Å². The highest BCUT2D eigenvalue weighted by Crippen LogP contribution is 2.29. The molecular formula is C21H25NO5S. The van der Waals surface area contributed by atoms with Crippen LogP contribution in [0, 0.1) is 0 Å². The van der Waals surface area contributed by atoms with E-state index in [1.807, 2.05) is 31.2 Å². The molecule has 0 aliphatic carbocycles. The molecule has 1 saturated heterocycles. The third-order valence-electron chi connectivity index (χ3n) is 4.87. The molecule has 28 heavy (non-hydrogen) atoms. The molecular weight excluding hydrogens is 378 g/mol. The number of aliphatic hydroxyl groups is 1. The molecule has 2 heterocycles. The zero-order chi connectivity index (χ0) is 20.1. The molecule has 0 radical (unpaired) electrons. The standard InChI is InChI=1S/C21H25NO5S/c1-2-3-18(23)14-4-6-15(7-5-14)22-16(8-11-20(22)24)12-27-13-17-9-10-19(28-17)21(25)26/h4-7,9-10,16,18,23H,2-3,8,11-13H2,1H3,(H,25,26)/t16?,18-/m0/s1. The number of anilines is 1. The summed E-state index contributed by atoms with van der Waals surface area (Å²) in [6, 6.07) is 10.8. The number of carboxylic acids is 1. The van der Waals surface area contributed by atoms with Crippen LogP contribution in [0.3, 0.4) is 0 Å². The Kier molecular flexibility index (Phi) is 6.83. The third kappa shape index (κ3) is 4.79. The first-order chi connectivity index (χ1) is 13.5. The van der Waals surface area contributed by atoms with Crippen molar-refractivity contribution < 1.29 is 24.5 Å². The molecule has 1 aliphatic rings. The van der Waals surface area contributed by atoms with Crippen LogP contribution in [0.25, 0.3) is 0 Å². The SMILES string of the molecule is CCC[C@H](O)c1ccc(N2C(=O)CCC2COCc2ccc(C(=O)O)s2)cc1. The van der Waals surface area contributed by atoms with Gasteiger partial charge in [-0.1, -0.05) is 25.5 Å². The number of ether oxygens (including phenoxy) is 1. The Hall–Kier alpha value is -2.22. The summed E-state index contributed by atoms with van der Waals surface area (Å²) < 4.78 is 5.77. The maximum Gasteiger partial charge on any atom is 0.345 e. The molecule has 6 nitrogen and oxygen atoms in total. The van der Waals surface area contributed by atoms with Crippen LogP contribution in [0.4, 0.5) is 5.69 Å². The van der Waals surface area contributed by atoms with Gasteiger partial charge in [0.2, 0.25) is 5.91 Å². The Labute approximate surface area is 168 Å². The molecule has 1 aromatic heterocycles. The van der Waals surface area contributed by atoms with E-state index in [-0.39, 0.29) is 11.9 Å². The highest BCUT2D eigenvalue weighted by molar-refractivity contribution is 7.13. The quantitative estimate of drug-likeness (QED) is 0.661. The van der Waals surface area contributed by atoms with Crippen molar-refractivity contribution in [1.29, 1.82) is 0 Å². The first kappa shape index (κ1) is 20.5. The van der Waals surface area contributed by atoms with Gasteiger partial charge >= 0.3 is 5.97 Å². The average Bonchev–Trinajstić information content (AvgIpc) is 3.29. The monoisotopic (exact) mass is 403 g/mol. The summed E-state index contributed by atoms with van der Waals surface area (Å²) in [5, 5.41) is 19.1. The van der Waals surface area contributed by atoms with Gasteiger partial charge in [0.1, 0.15) is 4.88 Å². The molecule has 0 saturated carbocycles. The largest absolute Gasteiger partial charge is 0.477 e. The molecule has 0 bridgehead atoms. The number of benzene rings is 1. The second-order valence-electron chi connectivity index (χ2n) is 6.94. The van der Waals surface area contributed by atoms with Crippen LogP contribution in [-0.4, -0.2) is 34.7 Å². The summed E-state index contributed by atoms with van der Waals surface area (Å²) in [4.78, 5) is 26.2. The molecule has 1 unspecified atom stereocenters. The minimum absolute atomic E-state index is 0.0437. The van der Waals surface area contributed by atoms with Gasteiger partial charge in [-0.2, -0.15) is 0 Å². The van der Waals surface area contributed by atoms with Gasteiger partial charge in [-0.25, -0.2) is 4.79 Å². The topological polar surface area (TPSA) is 87.1 Å². The number of thiophene rings is 1. The predicted molar refractivity (Wildman–Crippen MR) is 108 cm³/mol. The van der Waals surface area contributed by atoms with Crippen LogP contribution in [0.5, 0.6) is 0 Å². The third-order valence-corrected chi connectivity index (χ3v) is 5.92. The molecule has 2 aromatic rings. The summed E-state index contributed by atoms with van der Waals surface area (Å²) in [6.45, 7) is 2.76. The first-order valence-corrected chi connectivity index (χ1v) is 10.3. The maximum atomic E-state index is 12.4. The molecule has 2 N–H and O–H groups in total. The number of hydrogen-bond acceptors (Lipinski definition) is 5. The zero-order valence-electron chi connectivity index (χ0n) is 15.8. The van der Waals surface area contributed by atoms with E-state index in [2.05, 4.69) is 0 Å². The fourth-order valence-electron chi connectivity index (χ4n) is 3.42. The van der Waals surface area contributed by atoms with Crippen molar-refractivity contribution in [3.8, 4) is 0 Å². The number of carbonyl (C=O) groups is 2. The van der Waals surface area contributed by atoms with E-state index in [9.17, 15) is 14.7 Å². The van der Waals surface area contributed by atoms with Crippen molar-refractivity contribution in [3.63, 3.8) is 0 Å². The summed E-state index contributed by atoms with van der Waals surface area (Å²) in [6.07, 6.45) is 2.35. The van der Waals surface area contributed by atoms with Gasteiger partial charge in [0.05, 0.1) is 25.4 Å². The van der Waals surface area contributed by atoms with Gasteiger partial charge in [-0.05, 0) is 42.7 Å². The van der Waals surface area contributed by atoms with Crippen molar-refractivity contribution in [1.82, 2.24) is 0 Å². The number of aliphatic hydroxyl groups excluding tert-OH is 1. The van der Waals surface area contributed by atoms with Gasteiger partial charge in [-0.3, -0.25) is 4.79 Å². The number of carboxylic acid groups (broad SMARTS) is 1. The van der Waals surface area contributed by atoms with E-state index in [1.165, 1.54) is 11.3 Å². The summed E-state index contributed by atoms with van der Waals surface area (Å²) in [5.74, 6) is -0.865. The molecule has 3 rings (SSSR count). The maximum absolute atomic E-state index is 12.4. The number of amides is 1. The summed E-state index contributed by atoms with van der Waals surface area (Å²) >= 11 is 1.20. The lowest BCUT2D eigenvalue weighted by Gasteiger charge is -2.25. The van der Waals surface area contributed by atoms with E-state index in [0.717, 1.165) is 29.0 Å². The Morgan fingerprint density at radius 1 is 1.29 bits per heavy atom. The number of rotatable bonds is 9. The zero-order valence-corrected chi connectivity index (χ0v) is 16.7. The van der Waals surface area contributed by atoms with Crippen molar-refractivity contribution in [2.45, 2.75) is 51.4 Å². The van der Waals surface area contributed by atoms with Gasteiger partial charge < -0.3 is 19.8 Å². The van der Waals surface area contributed by atoms with E-state index in [4.69, 9.17) is 9.84 Å². The van der Waals surface area contributed by atoms with E-state index < -0.39 is 12.1 Å². The van der Waals surface area contributed by atoms with Gasteiger partial charge in [0, 0.05) is 17.0 Å². The highest BCUT2D eigenvalue weighted by Gasteiger charge is 2.32. The molecule has 1 fully saturated rings. The predicted octanol–water partition coefficient (Wildman–Crippen LogP) is 3.99. The van der Waals surface area contributed by atoms with E-state index in [1.54, 1.807) is 17.0 Å².